The van der Waals surface area contributed by atoms with Gasteiger partial charge in [0.1, 0.15) is 6.10 Å². The molecule has 0 radical (unpaired) electrons. The molecule has 3 aromatic rings. The highest BCUT2D eigenvalue weighted by molar-refractivity contribution is 7.14. The van der Waals surface area contributed by atoms with E-state index >= 15 is 0 Å². The normalized spacial score (nSPS) is 19.7. The summed E-state index contributed by atoms with van der Waals surface area (Å²) < 4.78 is 5.89. The zero-order valence-corrected chi connectivity index (χ0v) is 16.1. The summed E-state index contributed by atoms with van der Waals surface area (Å²) in [5.74, 6) is 0.564. The third-order valence-electron chi connectivity index (χ3n) is 4.75. The van der Waals surface area contributed by atoms with E-state index in [1.165, 1.54) is 0 Å². The number of aliphatic hydroxyl groups is 1. The number of hydrogen-bond donors (Lipinski definition) is 1. The maximum absolute atomic E-state index is 9.95. The van der Waals surface area contributed by atoms with Crippen molar-refractivity contribution >= 4 is 22.9 Å². The molecule has 2 heterocycles. The lowest BCUT2D eigenvalue weighted by Gasteiger charge is -2.16. The van der Waals surface area contributed by atoms with Crippen LogP contribution in [0.25, 0.3) is 21.6 Å². The van der Waals surface area contributed by atoms with Gasteiger partial charge in [-0.2, -0.15) is 0 Å². The molecule has 0 aliphatic heterocycles. The molecule has 1 aliphatic rings. The van der Waals surface area contributed by atoms with E-state index in [1.807, 2.05) is 25.1 Å². The van der Waals surface area contributed by atoms with Crippen molar-refractivity contribution in [1.29, 1.82) is 0 Å². The Balaban J connectivity index is 1.58. The summed E-state index contributed by atoms with van der Waals surface area (Å²) >= 11 is 8.08. The number of rotatable bonds is 4. The molecule has 1 fully saturated rings. The molecule has 1 aromatic carbocycles. The van der Waals surface area contributed by atoms with Gasteiger partial charge in [-0.3, -0.25) is 0 Å². The Kier molecular flexibility index (Phi) is 4.98. The summed E-state index contributed by atoms with van der Waals surface area (Å²) in [6.07, 6.45) is 3.88. The number of thiophene rings is 1. The first kappa shape index (κ1) is 17.5. The van der Waals surface area contributed by atoms with Crippen molar-refractivity contribution < 1.29 is 9.84 Å². The Labute approximate surface area is 162 Å². The molecule has 2 unspecified atom stereocenters. The second-order valence-electron chi connectivity index (χ2n) is 6.72. The molecule has 2 aromatic heterocycles. The van der Waals surface area contributed by atoms with Gasteiger partial charge in [0.25, 0.3) is 0 Å². The fourth-order valence-electron chi connectivity index (χ4n) is 3.30. The maximum Gasteiger partial charge on any atom is 0.214 e. The lowest BCUT2D eigenvalue weighted by Crippen LogP contribution is -2.25. The number of benzene rings is 1. The highest BCUT2D eigenvalue weighted by Gasteiger charge is 2.27. The fraction of sp³-hybridized carbons (Fsp3) is 0.286. The van der Waals surface area contributed by atoms with Gasteiger partial charge in [-0.05, 0) is 66.5 Å². The first-order valence-corrected chi connectivity index (χ1v) is 10.0. The molecule has 0 spiro atoms. The second-order valence-corrected chi connectivity index (χ2v) is 8.04. The molecular formula is C21H20ClNO2S. The van der Waals surface area contributed by atoms with E-state index < -0.39 is 6.10 Å². The van der Waals surface area contributed by atoms with Gasteiger partial charge in [0.05, 0.1) is 6.10 Å². The summed E-state index contributed by atoms with van der Waals surface area (Å²) in [5, 5.41) is 12.8. The van der Waals surface area contributed by atoms with E-state index in [2.05, 4.69) is 28.6 Å². The van der Waals surface area contributed by atoms with Crippen molar-refractivity contribution in [3.63, 3.8) is 0 Å². The van der Waals surface area contributed by atoms with Crippen LogP contribution < -0.4 is 4.74 Å². The number of nitrogens with zero attached hydrogens (tertiary/aromatic N) is 1. The number of ether oxygens (including phenoxy) is 1. The van der Waals surface area contributed by atoms with E-state index in [9.17, 15) is 5.11 Å². The number of pyridine rings is 1. The van der Waals surface area contributed by atoms with Crippen LogP contribution in [-0.2, 0) is 0 Å². The van der Waals surface area contributed by atoms with Gasteiger partial charge in [0.15, 0.2) is 0 Å². The average Bonchev–Trinajstić information content (AvgIpc) is 3.25. The summed E-state index contributed by atoms with van der Waals surface area (Å²) in [4.78, 5) is 5.44. The molecular weight excluding hydrogens is 366 g/mol. The average molecular weight is 386 g/mol. The van der Waals surface area contributed by atoms with Crippen LogP contribution in [0, 0.1) is 6.92 Å². The van der Waals surface area contributed by atoms with E-state index in [0.29, 0.717) is 5.88 Å². The molecule has 1 aliphatic carbocycles. The molecule has 0 saturated heterocycles. The quantitative estimate of drug-likeness (QED) is 0.623. The highest BCUT2D eigenvalue weighted by atomic mass is 35.5. The van der Waals surface area contributed by atoms with Crippen LogP contribution in [0.1, 0.15) is 24.8 Å². The number of hydrogen-bond acceptors (Lipinski definition) is 4. The minimum atomic E-state index is -0.392. The van der Waals surface area contributed by atoms with Crippen molar-refractivity contribution in [3.05, 3.63) is 58.6 Å². The van der Waals surface area contributed by atoms with E-state index in [4.69, 9.17) is 16.3 Å². The van der Waals surface area contributed by atoms with Gasteiger partial charge in [-0.25, -0.2) is 4.98 Å². The molecule has 2 atom stereocenters. The standard InChI is InChI=1S/C21H20ClNO2S/c1-13-5-6-16(17(22)9-13)20-10-15(12-26-20)14-7-8-23-21(11-14)25-19-4-2-3-18(19)24/h5-12,18-19,24H,2-4H2,1H3. The second kappa shape index (κ2) is 7.39. The molecule has 1 N–H and O–H groups in total. The van der Waals surface area contributed by atoms with E-state index in [1.54, 1.807) is 17.5 Å². The molecule has 4 rings (SSSR count). The topological polar surface area (TPSA) is 42.4 Å². The zero-order chi connectivity index (χ0) is 18.1. The SMILES string of the molecule is Cc1ccc(-c2cc(-c3ccnc(OC4CCCC4O)c3)cs2)c(Cl)c1. The largest absolute Gasteiger partial charge is 0.472 e. The van der Waals surface area contributed by atoms with Gasteiger partial charge in [-0.1, -0.05) is 23.7 Å². The van der Waals surface area contributed by atoms with Gasteiger partial charge in [0.2, 0.25) is 5.88 Å². The Morgan fingerprint density at radius 3 is 2.81 bits per heavy atom. The minimum absolute atomic E-state index is 0.151. The summed E-state index contributed by atoms with van der Waals surface area (Å²) in [7, 11) is 0. The first-order chi connectivity index (χ1) is 12.6. The lowest BCUT2D eigenvalue weighted by atomic mass is 10.1. The monoisotopic (exact) mass is 385 g/mol. The van der Waals surface area contributed by atoms with Gasteiger partial charge in [0, 0.05) is 27.7 Å². The van der Waals surface area contributed by atoms with Crippen molar-refractivity contribution in [2.75, 3.05) is 0 Å². The van der Waals surface area contributed by atoms with Gasteiger partial charge >= 0.3 is 0 Å². The minimum Gasteiger partial charge on any atom is -0.472 e. The first-order valence-electron chi connectivity index (χ1n) is 8.76. The van der Waals surface area contributed by atoms with Gasteiger partial charge in [-0.15, -0.1) is 11.3 Å². The third kappa shape index (κ3) is 3.63. The fourth-order valence-corrected chi connectivity index (χ4v) is 4.65. The van der Waals surface area contributed by atoms with Crippen LogP contribution in [0.2, 0.25) is 5.02 Å². The van der Waals surface area contributed by atoms with Crippen LogP contribution in [0.3, 0.4) is 0 Å². The summed E-state index contributed by atoms with van der Waals surface area (Å²) in [5.41, 5.74) is 4.36. The maximum atomic E-state index is 9.95. The van der Waals surface area contributed by atoms with E-state index in [0.717, 1.165) is 51.4 Å². The molecule has 0 amide bonds. The van der Waals surface area contributed by atoms with Crippen LogP contribution in [0.4, 0.5) is 0 Å². The number of halogens is 1. The Morgan fingerprint density at radius 2 is 2.04 bits per heavy atom. The molecule has 134 valence electrons. The van der Waals surface area contributed by atoms with Crippen LogP contribution in [0.15, 0.2) is 48.0 Å². The van der Waals surface area contributed by atoms with Crippen LogP contribution in [0.5, 0.6) is 5.88 Å². The smallest absolute Gasteiger partial charge is 0.214 e. The number of aromatic nitrogens is 1. The zero-order valence-electron chi connectivity index (χ0n) is 14.5. The summed E-state index contributed by atoms with van der Waals surface area (Å²) in [6, 6.07) is 12.2. The Morgan fingerprint density at radius 1 is 1.15 bits per heavy atom. The summed E-state index contributed by atoms with van der Waals surface area (Å²) in [6.45, 7) is 2.04. The number of aliphatic hydroxyl groups excluding tert-OH is 1. The Hall–Kier alpha value is -1.88. The lowest BCUT2D eigenvalue weighted by molar-refractivity contribution is 0.0574. The predicted molar refractivity (Wildman–Crippen MR) is 107 cm³/mol. The van der Waals surface area contributed by atoms with E-state index in [-0.39, 0.29) is 6.10 Å². The highest BCUT2D eigenvalue weighted by Crippen LogP contribution is 2.37. The molecule has 26 heavy (non-hydrogen) atoms. The van der Waals surface area contributed by atoms with Crippen molar-refractivity contribution in [2.24, 2.45) is 0 Å². The van der Waals surface area contributed by atoms with Crippen molar-refractivity contribution in [2.45, 2.75) is 38.4 Å². The van der Waals surface area contributed by atoms with Crippen molar-refractivity contribution in [3.8, 4) is 27.4 Å². The molecule has 5 heteroatoms. The predicted octanol–water partition coefficient (Wildman–Crippen LogP) is 5.73. The van der Waals surface area contributed by atoms with Crippen molar-refractivity contribution in [1.82, 2.24) is 4.98 Å². The molecule has 0 bridgehead atoms. The molecule has 3 nitrogen and oxygen atoms in total. The third-order valence-corrected chi connectivity index (χ3v) is 6.02. The molecule has 1 saturated carbocycles. The van der Waals surface area contributed by atoms with Gasteiger partial charge < -0.3 is 9.84 Å². The Bertz CT molecular complexity index is 924. The van der Waals surface area contributed by atoms with Crippen LogP contribution in [-0.4, -0.2) is 22.3 Å². The number of aryl methyl sites for hydroxylation is 1. The van der Waals surface area contributed by atoms with Crippen LogP contribution >= 0.6 is 22.9 Å².